The van der Waals surface area contributed by atoms with E-state index in [2.05, 4.69) is 22.0 Å². The van der Waals surface area contributed by atoms with Crippen molar-refractivity contribution in [1.29, 1.82) is 0 Å². The number of carbonyl (C=O) groups is 1. The molecule has 1 amide bonds. The number of likely N-dealkylation sites (tertiary alicyclic amines) is 1. The third-order valence-corrected chi connectivity index (χ3v) is 7.67. The Labute approximate surface area is 181 Å². The zero-order valence-electron chi connectivity index (χ0n) is 18.6. The van der Waals surface area contributed by atoms with Gasteiger partial charge in [0.1, 0.15) is 0 Å². The Balaban J connectivity index is 1.45. The summed E-state index contributed by atoms with van der Waals surface area (Å²) in [5.41, 5.74) is 0. The molecule has 0 saturated carbocycles. The summed E-state index contributed by atoms with van der Waals surface area (Å²) in [7, 11) is -3.08. The number of sulfonamides is 1. The molecule has 30 heavy (non-hydrogen) atoms. The molecule has 0 atom stereocenters. The third-order valence-electron chi connectivity index (χ3n) is 6.37. The second kappa shape index (κ2) is 10.8. The zero-order valence-corrected chi connectivity index (χ0v) is 19.4. The third kappa shape index (κ3) is 6.55. The van der Waals surface area contributed by atoms with Crippen LogP contribution >= 0.6 is 0 Å². The van der Waals surface area contributed by atoms with E-state index in [1.54, 1.807) is 4.31 Å². The first kappa shape index (κ1) is 23.3. The van der Waals surface area contributed by atoms with Crippen molar-refractivity contribution in [2.75, 3.05) is 78.2 Å². The van der Waals surface area contributed by atoms with Gasteiger partial charge in [-0.2, -0.15) is 0 Å². The molecule has 9 nitrogen and oxygen atoms in total. The molecule has 1 N–H and O–H groups in total. The number of piperazine rings is 1. The Morgan fingerprint density at radius 2 is 1.60 bits per heavy atom. The fourth-order valence-corrected chi connectivity index (χ4v) is 5.31. The molecule has 0 aromatic heterocycles. The summed E-state index contributed by atoms with van der Waals surface area (Å²) >= 11 is 0. The van der Waals surface area contributed by atoms with Gasteiger partial charge in [0.05, 0.1) is 12.8 Å². The highest BCUT2D eigenvalue weighted by Crippen LogP contribution is 2.19. The van der Waals surface area contributed by atoms with Crippen molar-refractivity contribution in [2.24, 2.45) is 10.9 Å². The molecule has 3 saturated heterocycles. The number of nitrogens with zero attached hydrogens (tertiary/aromatic N) is 5. The molecule has 0 aliphatic carbocycles. The van der Waals surface area contributed by atoms with E-state index in [4.69, 9.17) is 4.99 Å². The highest BCUT2D eigenvalue weighted by Gasteiger charge is 2.26. The van der Waals surface area contributed by atoms with Gasteiger partial charge < -0.3 is 15.1 Å². The lowest BCUT2D eigenvalue weighted by Crippen LogP contribution is -2.54. The van der Waals surface area contributed by atoms with Crippen LogP contribution in [0.1, 0.15) is 32.6 Å². The molecule has 0 spiro atoms. The lowest BCUT2D eigenvalue weighted by molar-refractivity contribution is -0.131. The maximum Gasteiger partial charge on any atom is 0.236 e. The van der Waals surface area contributed by atoms with Crippen LogP contribution in [-0.4, -0.2) is 118 Å². The van der Waals surface area contributed by atoms with E-state index in [1.165, 1.54) is 6.26 Å². The molecule has 0 aromatic rings. The number of piperidine rings is 1. The molecule has 0 bridgehead atoms. The quantitative estimate of drug-likeness (QED) is 0.455. The standard InChI is InChI=1S/C20H38N6O3S/c1-3-21-20(22-16-18-6-10-26(11-7-18)30(2,28)29)25-14-12-23(13-15-25)17-19(27)24-8-4-5-9-24/h18H,3-17H2,1-2H3,(H,21,22). The summed E-state index contributed by atoms with van der Waals surface area (Å²) in [6, 6.07) is 0. The van der Waals surface area contributed by atoms with Crippen LogP contribution in [0.4, 0.5) is 0 Å². The minimum atomic E-state index is -3.08. The fourth-order valence-electron chi connectivity index (χ4n) is 4.44. The van der Waals surface area contributed by atoms with Gasteiger partial charge in [0, 0.05) is 65.4 Å². The molecule has 3 rings (SSSR count). The SMILES string of the molecule is CCNC(=NCC1CCN(S(C)(=O)=O)CC1)N1CCN(CC(=O)N2CCCC2)CC1. The molecule has 3 heterocycles. The van der Waals surface area contributed by atoms with Crippen LogP contribution in [0.15, 0.2) is 4.99 Å². The van der Waals surface area contributed by atoms with Gasteiger partial charge >= 0.3 is 0 Å². The summed E-state index contributed by atoms with van der Waals surface area (Å²) in [5, 5.41) is 3.40. The normalized spacial score (nSPS) is 23.2. The molecule has 0 unspecified atom stereocenters. The lowest BCUT2D eigenvalue weighted by atomic mass is 9.98. The van der Waals surface area contributed by atoms with E-state index in [1.807, 2.05) is 4.90 Å². The highest BCUT2D eigenvalue weighted by atomic mass is 32.2. The Morgan fingerprint density at radius 3 is 2.17 bits per heavy atom. The van der Waals surface area contributed by atoms with E-state index in [0.29, 0.717) is 25.6 Å². The maximum atomic E-state index is 12.4. The van der Waals surface area contributed by atoms with E-state index in [-0.39, 0.29) is 5.91 Å². The van der Waals surface area contributed by atoms with Gasteiger partial charge in [0.2, 0.25) is 15.9 Å². The number of hydrogen-bond donors (Lipinski definition) is 1. The minimum Gasteiger partial charge on any atom is -0.357 e. The van der Waals surface area contributed by atoms with Gasteiger partial charge in [-0.25, -0.2) is 12.7 Å². The van der Waals surface area contributed by atoms with Crippen LogP contribution in [-0.2, 0) is 14.8 Å². The lowest BCUT2D eigenvalue weighted by Gasteiger charge is -2.37. The van der Waals surface area contributed by atoms with Crippen molar-refractivity contribution in [3.05, 3.63) is 0 Å². The predicted molar refractivity (Wildman–Crippen MR) is 119 cm³/mol. The first-order chi connectivity index (χ1) is 14.4. The molecule has 3 fully saturated rings. The number of guanidine groups is 1. The van der Waals surface area contributed by atoms with Crippen molar-refractivity contribution in [1.82, 2.24) is 24.3 Å². The maximum absolute atomic E-state index is 12.4. The van der Waals surface area contributed by atoms with Gasteiger partial charge in [-0.05, 0) is 38.5 Å². The van der Waals surface area contributed by atoms with Gasteiger partial charge in [0.25, 0.3) is 0 Å². The Kier molecular flexibility index (Phi) is 8.35. The van der Waals surface area contributed by atoms with Crippen LogP contribution in [0.5, 0.6) is 0 Å². The van der Waals surface area contributed by atoms with Crippen LogP contribution in [0.3, 0.4) is 0 Å². The van der Waals surface area contributed by atoms with Crippen LogP contribution < -0.4 is 5.32 Å². The summed E-state index contributed by atoms with van der Waals surface area (Å²) in [4.78, 5) is 23.8. The first-order valence-electron chi connectivity index (χ1n) is 11.4. The number of amides is 1. The summed E-state index contributed by atoms with van der Waals surface area (Å²) < 4.78 is 24.9. The van der Waals surface area contributed by atoms with E-state index in [0.717, 1.165) is 84.0 Å². The van der Waals surface area contributed by atoms with Gasteiger partial charge in [0.15, 0.2) is 5.96 Å². The smallest absolute Gasteiger partial charge is 0.236 e. The monoisotopic (exact) mass is 442 g/mol. The zero-order chi connectivity index (χ0) is 21.6. The molecule has 3 aliphatic heterocycles. The Morgan fingerprint density at radius 1 is 0.967 bits per heavy atom. The molecular weight excluding hydrogens is 404 g/mol. The molecule has 3 aliphatic rings. The van der Waals surface area contributed by atoms with Gasteiger partial charge in [-0.1, -0.05) is 0 Å². The second-order valence-corrected chi connectivity index (χ2v) is 10.6. The van der Waals surface area contributed by atoms with Crippen molar-refractivity contribution in [3.8, 4) is 0 Å². The van der Waals surface area contributed by atoms with E-state index < -0.39 is 10.0 Å². The highest BCUT2D eigenvalue weighted by molar-refractivity contribution is 7.88. The number of carbonyl (C=O) groups excluding carboxylic acids is 1. The molecular formula is C20H38N6O3S. The minimum absolute atomic E-state index is 0.266. The molecule has 0 aromatic carbocycles. The average Bonchev–Trinajstić information content (AvgIpc) is 3.26. The van der Waals surface area contributed by atoms with Gasteiger partial charge in [-0.15, -0.1) is 0 Å². The second-order valence-electron chi connectivity index (χ2n) is 8.65. The molecule has 0 radical (unpaired) electrons. The predicted octanol–water partition coefficient (Wildman–Crippen LogP) is -0.136. The Bertz CT molecular complexity index is 691. The van der Waals surface area contributed by atoms with Crippen LogP contribution in [0, 0.1) is 5.92 Å². The Hall–Kier alpha value is -1.39. The first-order valence-corrected chi connectivity index (χ1v) is 13.2. The van der Waals surface area contributed by atoms with Crippen LogP contribution in [0.25, 0.3) is 0 Å². The molecule has 10 heteroatoms. The van der Waals surface area contributed by atoms with Crippen LogP contribution in [0.2, 0.25) is 0 Å². The largest absolute Gasteiger partial charge is 0.357 e. The van der Waals surface area contributed by atoms with E-state index in [9.17, 15) is 13.2 Å². The number of aliphatic imine (C=N–C) groups is 1. The summed E-state index contributed by atoms with van der Waals surface area (Å²) in [6.07, 6.45) is 5.28. The van der Waals surface area contributed by atoms with Crippen molar-refractivity contribution in [2.45, 2.75) is 32.6 Å². The van der Waals surface area contributed by atoms with E-state index >= 15 is 0 Å². The number of hydrogen-bond acceptors (Lipinski definition) is 5. The van der Waals surface area contributed by atoms with Crippen molar-refractivity contribution >= 4 is 21.9 Å². The topological polar surface area (TPSA) is 88.6 Å². The van der Waals surface area contributed by atoms with Crippen molar-refractivity contribution < 1.29 is 13.2 Å². The van der Waals surface area contributed by atoms with Crippen molar-refractivity contribution in [3.63, 3.8) is 0 Å². The number of rotatable bonds is 6. The average molecular weight is 443 g/mol. The summed E-state index contributed by atoms with van der Waals surface area (Å²) in [6.45, 7) is 10.7. The summed E-state index contributed by atoms with van der Waals surface area (Å²) in [5.74, 6) is 1.63. The number of nitrogens with one attached hydrogen (secondary N) is 1. The molecule has 172 valence electrons. The fraction of sp³-hybridized carbons (Fsp3) is 0.900. The van der Waals surface area contributed by atoms with Gasteiger partial charge in [-0.3, -0.25) is 14.7 Å².